The molecule has 6 heteroatoms. The molecule has 1 amide bonds. The van der Waals surface area contributed by atoms with E-state index in [-0.39, 0.29) is 5.57 Å². The first-order chi connectivity index (χ1) is 12.0. The number of furan rings is 1. The van der Waals surface area contributed by atoms with E-state index in [1.807, 2.05) is 0 Å². The number of aliphatic hydroxyl groups is 1. The lowest BCUT2D eigenvalue weighted by molar-refractivity contribution is -0.129. The Labute approximate surface area is 149 Å². The second kappa shape index (κ2) is 6.99. The molecule has 1 aromatic carbocycles. The van der Waals surface area contributed by atoms with Gasteiger partial charge in [0, 0.05) is 11.6 Å². The molecule has 2 heterocycles. The molecule has 0 fully saturated rings. The number of likely N-dealkylation sites (N-methyl/N-ethyl adjacent to an activating group) is 1. The molecule has 0 saturated heterocycles. The number of ketones is 1. The Morgan fingerprint density at radius 2 is 2.16 bits per heavy atom. The van der Waals surface area contributed by atoms with Crippen molar-refractivity contribution >= 4 is 29.4 Å². The van der Waals surface area contributed by atoms with Gasteiger partial charge in [-0.3, -0.25) is 9.59 Å². The van der Waals surface area contributed by atoms with Crippen molar-refractivity contribution in [1.82, 2.24) is 4.90 Å². The van der Waals surface area contributed by atoms with Crippen LogP contribution in [0.2, 0.25) is 5.02 Å². The van der Waals surface area contributed by atoms with E-state index in [0.717, 1.165) is 0 Å². The average Bonchev–Trinajstić information content (AvgIpc) is 3.20. The van der Waals surface area contributed by atoms with Crippen LogP contribution in [-0.4, -0.2) is 28.2 Å². The molecule has 0 bridgehead atoms. The Balaban J connectivity index is 2.01. The van der Waals surface area contributed by atoms with Gasteiger partial charge in [0.2, 0.25) is 0 Å². The van der Waals surface area contributed by atoms with Crippen molar-refractivity contribution in [3.8, 4) is 0 Å². The van der Waals surface area contributed by atoms with Crippen LogP contribution in [0.3, 0.4) is 0 Å². The van der Waals surface area contributed by atoms with Crippen molar-refractivity contribution < 1.29 is 19.1 Å². The van der Waals surface area contributed by atoms with Crippen molar-refractivity contribution in [1.29, 1.82) is 0 Å². The van der Waals surface area contributed by atoms with Crippen LogP contribution in [0.4, 0.5) is 0 Å². The number of carbonyl (C=O) groups excluding carboxylic acids is 2. The summed E-state index contributed by atoms with van der Waals surface area (Å²) in [5, 5.41) is 10.8. The third-order valence-corrected chi connectivity index (χ3v) is 4.25. The number of hydrogen-bond acceptors (Lipinski definition) is 4. The normalized spacial score (nSPS) is 17.8. The maximum atomic E-state index is 12.7. The first-order valence-corrected chi connectivity index (χ1v) is 8.16. The van der Waals surface area contributed by atoms with Gasteiger partial charge in [0.1, 0.15) is 5.76 Å². The highest BCUT2D eigenvalue weighted by molar-refractivity contribution is 6.30. The Morgan fingerprint density at radius 1 is 1.36 bits per heavy atom. The van der Waals surface area contributed by atoms with Crippen LogP contribution < -0.4 is 0 Å². The Hall–Kier alpha value is -2.79. The van der Waals surface area contributed by atoms with Crippen LogP contribution in [0.5, 0.6) is 0 Å². The molecular formula is C19H16ClNO4. The lowest BCUT2D eigenvalue weighted by atomic mass is 9.96. The fraction of sp³-hybridized carbons (Fsp3) is 0.158. The van der Waals surface area contributed by atoms with Gasteiger partial charge in [0.05, 0.1) is 17.9 Å². The zero-order valence-electron chi connectivity index (χ0n) is 13.5. The molecule has 5 nitrogen and oxygen atoms in total. The SMILES string of the molecule is CCN1C(=O)C(O)=C(C(=O)/C=C/c2ccco2)C1c1cccc(Cl)c1. The molecule has 0 spiro atoms. The number of carbonyl (C=O) groups is 2. The summed E-state index contributed by atoms with van der Waals surface area (Å²) in [5.74, 6) is -1.05. The van der Waals surface area contributed by atoms with Crippen LogP contribution in [0.25, 0.3) is 6.08 Å². The summed E-state index contributed by atoms with van der Waals surface area (Å²) < 4.78 is 5.15. The van der Waals surface area contributed by atoms with E-state index in [4.69, 9.17) is 16.0 Å². The first kappa shape index (κ1) is 17.0. The van der Waals surface area contributed by atoms with Gasteiger partial charge in [-0.05, 0) is 48.9 Å². The minimum absolute atomic E-state index is 0.0388. The summed E-state index contributed by atoms with van der Waals surface area (Å²) in [4.78, 5) is 26.5. The molecule has 1 aromatic heterocycles. The number of allylic oxidation sites excluding steroid dienone is 1. The third kappa shape index (κ3) is 3.23. The number of hydrogen-bond donors (Lipinski definition) is 1. The van der Waals surface area contributed by atoms with Crippen molar-refractivity contribution in [2.24, 2.45) is 0 Å². The maximum absolute atomic E-state index is 12.7. The predicted molar refractivity (Wildman–Crippen MR) is 94.0 cm³/mol. The summed E-state index contributed by atoms with van der Waals surface area (Å²) in [6, 6.07) is 9.63. The largest absolute Gasteiger partial charge is 0.503 e. The molecule has 1 aliphatic rings. The zero-order valence-corrected chi connectivity index (χ0v) is 14.2. The second-order valence-electron chi connectivity index (χ2n) is 5.52. The van der Waals surface area contributed by atoms with E-state index in [1.54, 1.807) is 43.3 Å². The van der Waals surface area contributed by atoms with Gasteiger partial charge in [-0.25, -0.2) is 0 Å². The second-order valence-corrected chi connectivity index (χ2v) is 5.96. The molecule has 1 N–H and O–H groups in total. The molecule has 128 valence electrons. The molecule has 1 aliphatic heterocycles. The molecule has 0 radical (unpaired) electrons. The number of nitrogens with zero attached hydrogens (tertiary/aromatic N) is 1. The van der Waals surface area contributed by atoms with Crippen molar-refractivity contribution in [3.63, 3.8) is 0 Å². The van der Waals surface area contributed by atoms with Crippen molar-refractivity contribution in [3.05, 3.63) is 76.4 Å². The average molecular weight is 358 g/mol. The van der Waals surface area contributed by atoms with E-state index in [2.05, 4.69) is 0 Å². The third-order valence-electron chi connectivity index (χ3n) is 4.02. The maximum Gasteiger partial charge on any atom is 0.290 e. The Kier molecular flexibility index (Phi) is 4.76. The van der Waals surface area contributed by atoms with Gasteiger partial charge in [0.25, 0.3) is 5.91 Å². The van der Waals surface area contributed by atoms with E-state index in [0.29, 0.717) is 22.9 Å². The number of benzene rings is 1. The summed E-state index contributed by atoms with van der Waals surface area (Å²) >= 11 is 6.05. The smallest absolute Gasteiger partial charge is 0.290 e. The Bertz CT molecular complexity index is 867. The number of rotatable bonds is 5. The monoisotopic (exact) mass is 357 g/mol. The minimum Gasteiger partial charge on any atom is -0.503 e. The number of amides is 1. The predicted octanol–water partition coefficient (Wildman–Crippen LogP) is 3.93. The van der Waals surface area contributed by atoms with Gasteiger partial charge in [-0.2, -0.15) is 0 Å². The molecular weight excluding hydrogens is 342 g/mol. The van der Waals surface area contributed by atoms with Gasteiger partial charge in [0.15, 0.2) is 11.5 Å². The minimum atomic E-state index is -0.676. The van der Waals surface area contributed by atoms with E-state index < -0.39 is 23.5 Å². The fourth-order valence-electron chi connectivity index (χ4n) is 2.89. The van der Waals surface area contributed by atoms with Crippen LogP contribution in [0.15, 0.2) is 64.5 Å². The van der Waals surface area contributed by atoms with E-state index in [9.17, 15) is 14.7 Å². The number of aliphatic hydroxyl groups excluding tert-OH is 1. The molecule has 2 aromatic rings. The highest BCUT2D eigenvalue weighted by atomic mass is 35.5. The molecule has 0 saturated carbocycles. The highest BCUT2D eigenvalue weighted by Crippen LogP contribution is 2.38. The van der Waals surface area contributed by atoms with E-state index >= 15 is 0 Å². The zero-order chi connectivity index (χ0) is 18.0. The summed E-state index contributed by atoms with van der Waals surface area (Å²) in [5.41, 5.74) is 0.707. The van der Waals surface area contributed by atoms with Crippen molar-refractivity contribution in [2.75, 3.05) is 6.54 Å². The molecule has 25 heavy (non-hydrogen) atoms. The fourth-order valence-corrected chi connectivity index (χ4v) is 3.09. The van der Waals surface area contributed by atoms with Crippen LogP contribution in [-0.2, 0) is 9.59 Å². The van der Waals surface area contributed by atoms with Gasteiger partial charge in [-0.1, -0.05) is 23.7 Å². The molecule has 3 rings (SSSR count). The number of halogens is 1. The molecule has 0 aliphatic carbocycles. The van der Waals surface area contributed by atoms with E-state index in [1.165, 1.54) is 23.3 Å². The quantitative estimate of drug-likeness (QED) is 0.823. The van der Waals surface area contributed by atoms with Crippen LogP contribution >= 0.6 is 11.6 Å². The first-order valence-electron chi connectivity index (χ1n) is 7.78. The van der Waals surface area contributed by atoms with Crippen molar-refractivity contribution in [2.45, 2.75) is 13.0 Å². The molecule has 1 unspecified atom stereocenters. The van der Waals surface area contributed by atoms with Gasteiger partial charge < -0.3 is 14.4 Å². The molecule has 1 atom stereocenters. The topological polar surface area (TPSA) is 70.8 Å². The Morgan fingerprint density at radius 3 is 2.80 bits per heavy atom. The highest BCUT2D eigenvalue weighted by Gasteiger charge is 2.42. The van der Waals surface area contributed by atoms with Crippen LogP contribution in [0, 0.1) is 0 Å². The van der Waals surface area contributed by atoms with Gasteiger partial charge in [-0.15, -0.1) is 0 Å². The van der Waals surface area contributed by atoms with Gasteiger partial charge >= 0.3 is 0 Å². The lowest BCUT2D eigenvalue weighted by Gasteiger charge is -2.25. The summed E-state index contributed by atoms with van der Waals surface area (Å²) in [6.07, 6.45) is 4.28. The standard InChI is InChI=1S/C19H16ClNO4/c1-2-21-17(12-5-3-6-13(20)11-12)16(18(23)19(21)24)15(22)9-8-14-7-4-10-25-14/h3-11,17,23H,2H2,1H3/b9-8+. The lowest BCUT2D eigenvalue weighted by Crippen LogP contribution is -2.30. The summed E-state index contributed by atoms with van der Waals surface area (Å²) in [6.45, 7) is 2.13. The summed E-state index contributed by atoms with van der Waals surface area (Å²) in [7, 11) is 0. The van der Waals surface area contributed by atoms with Crippen LogP contribution in [0.1, 0.15) is 24.3 Å².